The molecule has 0 radical (unpaired) electrons. The lowest BCUT2D eigenvalue weighted by Crippen LogP contribution is -2.49. The second kappa shape index (κ2) is 10.4. The number of piperidine rings is 1. The number of hydrogen-bond acceptors (Lipinski definition) is 7. The Kier molecular flexibility index (Phi) is 7.71. The standard InChI is InChI=1S/C26H37N3O5S/c1-18-4-7-22(8-5-18)24-27-25(31)26(28-24)11-13-29(14-12-26)35(32,33)15-10-21-9-6-20(16-19(21)2)17-23(30)34-3/h6,9-10,15-16,18,22,32-33H,4-5,7-8,11-14,17H2,1-3H3,(H,27,28,31)/b15-10+. The van der Waals surface area contributed by atoms with Crippen LogP contribution in [0, 0.1) is 18.8 Å². The molecule has 8 nitrogen and oxygen atoms in total. The van der Waals surface area contributed by atoms with E-state index in [0.29, 0.717) is 31.8 Å². The van der Waals surface area contributed by atoms with Crippen molar-refractivity contribution in [1.82, 2.24) is 9.62 Å². The molecule has 1 aromatic carbocycles. The molecule has 0 unspecified atom stereocenters. The third kappa shape index (κ3) is 5.80. The van der Waals surface area contributed by atoms with Gasteiger partial charge in [-0.2, -0.15) is 0 Å². The average molecular weight is 504 g/mol. The number of benzene rings is 1. The molecule has 2 heterocycles. The van der Waals surface area contributed by atoms with Crippen molar-refractivity contribution in [2.45, 2.75) is 64.3 Å². The van der Waals surface area contributed by atoms with Gasteiger partial charge in [-0.25, -0.2) is 4.31 Å². The fraction of sp³-hybridized carbons (Fsp3) is 0.577. The Morgan fingerprint density at radius 2 is 1.94 bits per heavy atom. The SMILES string of the molecule is COC(=O)Cc1ccc(/C=C/S(O)(O)N2CCC3(CC2)N=C(C2CCC(C)CC2)NC3=O)c(C)c1. The number of rotatable bonds is 6. The maximum absolute atomic E-state index is 12.9. The van der Waals surface area contributed by atoms with Crippen LogP contribution in [0.15, 0.2) is 28.6 Å². The van der Waals surface area contributed by atoms with E-state index in [1.165, 1.54) is 25.4 Å². The van der Waals surface area contributed by atoms with Crippen molar-refractivity contribution in [3.8, 4) is 0 Å². The number of nitrogens with one attached hydrogen (secondary N) is 1. The Balaban J connectivity index is 1.38. The van der Waals surface area contributed by atoms with Gasteiger partial charge in [-0.15, -0.1) is 10.8 Å². The molecule has 3 aliphatic rings. The number of carbonyl (C=O) groups is 2. The van der Waals surface area contributed by atoms with E-state index in [9.17, 15) is 18.7 Å². The number of ether oxygens (including phenoxy) is 1. The van der Waals surface area contributed by atoms with E-state index in [1.807, 2.05) is 25.1 Å². The van der Waals surface area contributed by atoms with Crippen LogP contribution in [-0.4, -0.2) is 56.9 Å². The summed E-state index contributed by atoms with van der Waals surface area (Å²) in [7, 11) is -1.77. The van der Waals surface area contributed by atoms with Gasteiger partial charge < -0.3 is 10.1 Å². The number of amidine groups is 1. The Hall–Kier alpha value is -2.20. The van der Waals surface area contributed by atoms with Gasteiger partial charge in [-0.1, -0.05) is 38.0 Å². The first-order chi connectivity index (χ1) is 16.6. The molecule has 1 aliphatic carbocycles. The number of hydrogen-bond donors (Lipinski definition) is 3. The lowest BCUT2D eigenvalue weighted by Gasteiger charge is -2.45. The average Bonchev–Trinajstić information content (AvgIpc) is 3.14. The second-order valence-electron chi connectivity index (χ2n) is 10.2. The minimum absolute atomic E-state index is 0.0412. The van der Waals surface area contributed by atoms with E-state index in [-0.39, 0.29) is 18.3 Å². The summed E-state index contributed by atoms with van der Waals surface area (Å²) in [5, 5.41) is 4.50. The van der Waals surface area contributed by atoms with Crippen molar-refractivity contribution in [2.24, 2.45) is 16.8 Å². The predicted molar refractivity (Wildman–Crippen MR) is 139 cm³/mol. The quantitative estimate of drug-likeness (QED) is 0.492. The molecule has 0 bridgehead atoms. The van der Waals surface area contributed by atoms with Crippen LogP contribution in [0.2, 0.25) is 0 Å². The summed E-state index contributed by atoms with van der Waals surface area (Å²) in [6.45, 7) is 4.96. The lowest BCUT2D eigenvalue weighted by atomic mass is 9.82. The zero-order valence-corrected chi connectivity index (χ0v) is 21.6. The van der Waals surface area contributed by atoms with Gasteiger partial charge in [0, 0.05) is 24.4 Å². The largest absolute Gasteiger partial charge is 0.469 e. The van der Waals surface area contributed by atoms with Crippen molar-refractivity contribution in [3.63, 3.8) is 0 Å². The van der Waals surface area contributed by atoms with Gasteiger partial charge in [-0.05, 0) is 61.3 Å². The van der Waals surface area contributed by atoms with Crippen molar-refractivity contribution in [1.29, 1.82) is 0 Å². The molecule has 1 saturated carbocycles. The molecule has 192 valence electrons. The maximum Gasteiger partial charge on any atom is 0.309 e. The summed E-state index contributed by atoms with van der Waals surface area (Å²) in [5.74, 6) is 1.57. The van der Waals surface area contributed by atoms with Gasteiger partial charge in [-0.3, -0.25) is 23.7 Å². The van der Waals surface area contributed by atoms with Crippen LogP contribution in [-0.2, 0) is 20.7 Å². The van der Waals surface area contributed by atoms with Crippen molar-refractivity contribution in [3.05, 3.63) is 40.3 Å². The number of methoxy groups -OCH3 is 1. The van der Waals surface area contributed by atoms with Crippen LogP contribution in [0.4, 0.5) is 0 Å². The summed E-state index contributed by atoms with van der Waals surface area (Å²) in [4.78, 5) is 29.3. The Morgan fingerprint density at radius 1 is 1.26 bits per heavy atom. The van der Waals surface area contributed by atoms with Crippen molar-refractivity contribution < 1.29 is 23.4 Å². The maximum atomic E-state index is 12.9. The summed E-state index contributed by atoms with van der Waals surface area (Å²) in [5.41, 5.74) is 1.84. The predicted octanol–water partition coefficient (Wildman–Crippen LogP) is 4.54. The first-order valence-electron chi connectivity index (χ1n) is 12.4. The highest BCUT2D eigenvalue weighted by Gasteiger charge is 2.48. The first-order valence-corrected chi connectivity index (χ1v) is 14.0. The van der Waals surface area contributed by atoms with Gasteiger partial charge >= 0.3 is 5.97 Å². The van der Waals surface area contributed by atoms with Gasteiger partial charge in [0.15, 0.2) is 0 Å². The fourth-order valence-electron chi connectivity index (χ4n) is 5.26. The highest BCUT2D eigenvalue weighted by atomic mass is 32.3. The topological polar surface area (TPSA) is 111 Å². The van der Waals surface area contributed by atoms with E-state index in [0.717, 1.165) is 41.3 Å². The first kappa shape index (κ1) is 25.9. The summed E-state index contributed by atoms with van der Waals surface area (Å²) in [6, 6.07) is 5.59. The normalized spacial score (nSPS) is 25.5. The molecular formula is C26H37N3O5S. The summed E-state index contributed by atoms with van der Waals surface area (Å²) < 4.78 is 28.1. The minimum Gasteiger partial charge on any atom is -0.469 e. The molecule has 3 N–H and O–H groups in total. The van der Waals surface area contributed by atoms with Crippen molar-refractivity contribution >= 4 is 34.6 Å². The van der Waals surface area contributed by atoms with Crippen LogP contribution in [0.5, 0.6) is 0 Å². The number of aryl methyl sites for hydroxylation is 1. The van der Waals surface area contributed by atoms with Gasteiger partial charge in [0.1, 0.15) is 11.4 Å². The number of nitrogens with zero attached hydrogens (tertiary/aromatic N) is 2. The number of aliphatic imine (C=N–C) groups is 1. The van der Waals surface area contributed by atoms with Crippen LogP contribution >= 0.6 is 10.8 Å². The van der Waals surface area contributed by atoms with E-state index < -0.39 is 16.3 Å². The van der Waals surface area contributed by atoms with Crippen LogP contribution < -0.4 is 5.32 Å². The van der Waals surface area contributed by atoms with Crippen LogP contribution in [0.1, 0.15) is 62.1 Å². The fourth-order valence-corrected chi connectivity index (χ4v) is 6.48. The summed E-state index contributed by atoms with van der Waals surface area (Å²) in [6.07, 6.45) is 7.31. The molecular weight excluding hydrogens is 466 g/mol. The van der Waals surface area contributed by atoms with Crippen molar-refractivity contribution in [2.75, 3.05) is 20.2 Å². The molecule has 2 fully saturated rings. The molecule has 1 amide bonds. The van der Waals surface area contributed by atoms with Gasteiger partial charge in [0.2, 0.25) is 0 Å². The Labute approximate surface area is 209 Å². The third-order valence-electron chi connectivity index (χ3n) is 7.67. The highest BCUT2D eigenvalue weighted by molar-refractivity contribution is 8.24. The minimum atomic E-state index is -3.14. The Morgan fingerprint density at radius 3 is 2.57 bits per heavy atom. The summed E-state index contributed by atoms with van der Waals surface area (Å²) >= 11 is 0. The third-order valence-corrected chi connectivity index (χ3v) is 9.30. The molecule has 35 heavy (non-hydrogen) atoms. The highest BCUT2D eigenvalue weighted by Crippen LogP contribution is 2.48. The number of esters is 1. The van der Waals surface area contributed by atoms with E-state index in [2.05, 4.69) is 12.2 Å². The lowest BCUT2D eigenvalue weighted by molar-refractivity contribution is -0.139. The monoisotopic (exact) mass is 503 g/mol. The molecule has 4 rings (SSSR count). The van der Waals surface area contributed by atoms with Crippen LogP contribution in [0.3, 0.4) is 0 Å². The molecule has 1 saturated heterocycles. The van der Waals surface area contributed by atoms with E-state index >= 15 is 0 Å². The molecule has 0 aromatic heterocycles. The second-order valence-corrected chi connectivity index (χ2v) is 12.1. The molecule has 1 spiro atoms. The van der Waals surface area contributed by atoms with Crippen LogP contribution in [0.25, 0.3) is 6.08 Å². The van der Waals surface area contributed by atoms with Gasteiger partial charge in [0.05, 0.1) is 13.5 Å². The Bertz CT molecular complexity index is 1020. The number of carbonyl (C=O) groups excluding carboxylic acids is 2. The zero-order chi connectivity index (χ0) is 25.2. The van der Waals surface area contributed by atoms with Gasteiger partial charge in [0.25, 0.3) is 5.91 Å². The molecule has 9 heteroatoms. The molecule has 1 aromatic rings. The zero-order valence-electron chi connectivity index (χ0n) is 20.8. The molecule has 2 aliphatic heterocycles. The smallest absolute Gasteiger partial charge is 0.309 e. The van der Waals surface area contributed by atoms with E-state index in [1.54, 1.807) is 10.4 Å². The van der Waals surface area contributed by atoms with E-state index in [4.69, 9.17) is 9.73 Å². The number of amides is 1. The molecule has 0 atom stereocenters.